The highest BCUT2D eigenvalue weighted by atomic mass is 35.6. The molecule has 7 aromatic carbocycles. The third kappa shape index (κ3) is 38.0. The molecule has 766 valence electrons. The molecule has 7 aromatic rings. The van der Waals surface area contributed by atoms with E-state index >= 15 is 9.59 Å². The lowest BCUT2D eigenvalue weighted by Crippen LogP contribution is -2.71. The zero-order valence-corrected chi connectivity index (χ0v) is 83.1. The van der Waals surface area contributed by atoms with Crippen LogP contribution in [0.25, 0.3) is 0 Å². The number of benzene rings is 7. The van der Waals surface area contributed by atoms with Gasteiger partial charge in [-0.3, -0.25) is 24.0 Å². The van der Waals surface area contributed by atoms with E-state index in [1.54, 1.807) is 140 Å². The number of ketones is 2. The molecule has 0 radical (unpaired) electrons. The first-order valence-electron chi connectivity index (χ1n) is 45.9. The number of carbonyl (C=O) groups excluding carboxylic acids is 9. The molecule has 4 aliphatic heterocycles. The van der Waals surface area contributed by atoms with Gasteiger partial charge in [0.25, 0.3) is 0 Å². The molecule has 0 aromatic heterocycles. The van der Waals surface area contributed by atoms with Crippen LogP contribution in [0.4, 0.5) is 9.59 Å². The molecule has 4 fully saturated rings. The Hall–Kier alpha value is -9.29. The van der Waals surface area contributed by atoms with E-state index in [2.05, 4.69) is 10.6 Å². The quantitative estimate of drug-likeness (QED) is 0.0155. The Morgan fingerprint density at radius 1 is 0.312 bits per heavy atom. The van der Waals surface area contributed by atoms with E-state index in [9.17, 15) is 33.6 Å². The molecule has 11 rings (SSSR count). The Labute approximate surface area is 847 Å². The summed E-state index contributed by atoms with van der Waals surface area (Å²) in [7, 11) is 2.78. The maximum atomic E-state index is 15.4. The number of amides is 2. The fourth-order valence-corrected chi connectivity index (χ4v) is 16.1. The second-order valence-electron chi connectivity index (χ2n) is 33.6. The number of alkyl halides is 6. The third-order valence-electron chi connectivity index (χ3n) is 22.4. The SMILES string of the molecule is COC(=O)CCCCCO[C@@H]1O[C@H](COCc2ccccc2)[C@@H](O[C@@H]2O[C@H](COCc3ccccc3)[C@H](OCc3ccccc3)[C@H](O[C@@H]3O[C@H](COCc4ccccc4)[C@@H](O[C@@H]4O[C@H](COCc5ccccc5)[C@H](OCc5ccccc5)[C@H](OCc5ccc(OC)cc5)[C@H]4OC(=O)CCC(C)=O)[C@H](OC(C)=O)[C@H]3NC(=O)OCC(Cl)(Cl)Cl)[C@H]2OC(=O)CCC(C)=O)[C@H](OC(C)=O)[C@H]1NC(=O)OCC(Cl)(Cl)Cl. The average Bonchev–Trinajstić information content (AvgIpc) is 0.754. The van der Waals surface area contributed by atoms with E-state index in [1.165, 1.54) is 28.1 Å². The lowest BCUT2D eigenvalue weighted by atomic mass is 9.93. The number of carbonyl (C=O) groups is 9. The summed E-state index contributed by atoms with van der Waals surface area (Å²) in [5.74, 6) is -4.80. The molecule has 4 saturated heterocycles. The van der Waals surface area contributed by atoms with Gasteiger partial charge in [-0.25, -0.2) is 9.59 Å². The topological polar surface area (TPSA) is 390 Å². The third-order valence-corrected chi connectivity index (χ3v) is 23.1. The molecule has 0 aliphatic carbocycles. The molecule has 141 heavy (non-hydrogen) atoms. The molecule has 4 heterocycles. The smallest absolute Gasteiger partial charge is 0.407 e. The van der Waals surface area contributed by atoms with E-state index in [0.717, 1.165) is 19.4 Å². The minimum absolute atomic E-state index is 0.0249. The zero-order chi connectivity index (χ0) is 101. The summed E-state index contributed by atoms with van der Waals surface area (Å²) in [6.45, 7) is 0.0711. The van der Waals surface area contributed by atoms with Gasteiger partial charge in [0.15, 0.2) is 49.6 Å². The number of rotatable bonds is 53. The Bertz CT molecular complexity index is 4970. The number of Topliss-reactive ketones (excluding diaryl/α,β-unsaturated/α-hetero) is 2. The Morgan fingerprint density at radius 2 is 0.638 bits per heavy atom. The Balaban J connectivity index is 1.11. The van der Waals surface area contributed by atoms with Crippen LogP contribution in [0.2, 0.25) is 0 Å². The summed E-state index contributed by atoms with van der Waals surface area (Å²) in [6, 6.07) is 57.3. The zero-order valence-electron chi connectivity index (χ0n) is 78.6. The van der Waals surface area contributed by atoms with Gasteiger partial charge in [-0.2, -0.15) is 0 Å². The van der Waals surface area contributed by atoms with Crippen molar-refractivity contribution in [1.29, 1.82) is 0 Å². The number of ether oxygens (including phenoxy) is 23. The fraction of sp³-hybridized carbons (Fsp3) is 0.495. The summed E-state index contributed by atoms with van der Waals surface area (Å²) in [5.41, 5.74) is 4.62. The number of halogens is 6. The van der Waals surface area contributed by atoms with E-state index in [4.69, 9.17) is 179 Å². The molecule has 4 aliphatic rings. The van der Waals surface area contributed by atoms with Gasteiger partial charge in [0.2, 0.25) is 7.59 Å². The molecule has 2 amide bonds. The molecule has 34 nitrogen and oxygen atoms in total. The lowest BCUT2D eigenvalue weighted by molar-refractivity contribution is -0.383. The number of hydrogen-bond acceptors (Lipinski definition) is 32. The van der Waals surface area contributed by atoms with Crippen molar-refractivity contribution in [3.05, 3.63) is 245 Å². The van der Waals surface area contributed by atoms with Crippen LogP contribution in [-0.4, -0.2) is 244 Å². The van der Waals surface area contributed by atoms with Crippen molar-refractivity contribution in [1.82, 2.24) is 10.6 Å². The van der Waals surface area contributed by atoms with Crippen LogP contribution in [0.15, 0.2) is 206 Å². The van der Waals surface area contributed by atoms with Crippen LogP contribution in [0.3, 0.4) is 0 Å². The predicted octanol–water partition coefficient (Wildman–Crippen LogP) is 14.8. The monoisotopic (exact) mass is 2080 g/mol. The standard InChI is InChI=1S/C101H118Cl6N2O32/c1-63(110)41-47-80(115)137-92-90(128-56-73-43-45-74(119-5)46-44-73)84(126-54-71-36-22-11-23-37-71)75(57-121-50-67-28-14-7-15-29-67)135-96(92)139-87-78(60-124-53-70-34-20-10-21-35-70)134-95(83(89(87)132-66(4)113)109-99(118)130-62-101(105,106)107)141-91-85(127-55-72-38-24-12-25-39-72)76(58-122-51-68-30-16-8-17-31-68)136-97(93(91)138-81(116)48-42-64(2)111)140-86-77(59-123-52-69-32-18-9-19-33-69)133-94(125-49-27-13-26-40-79(114)120-6)82(88(86)131-65(3)112)108-98(117)129-61-100(102,103)104/h7-12,14-25,28-39,43-46,75-78,82-97H,13,26-27,40-42,47-62H2,1-6H3,(H,108,117)(H,109,118)/t75-,76-,77-,78-,82-,83-,84+,85+,86-,87-,88-,89-,90+,91+,92-,93-,94-,95+,96+,97+/m1/s1. The largest absolute Gasteiger partial charge is 0.497 e. The van der Waals surface area contributed by atoms with Crippen molar-refractivity contribution >= 4 is 123 Å². The summed E-state index contributed by atoms with van der Waals surface area (Å²) >= 11 is 37.5. The van der Waals surface area contributed by atoms with Crippen molar-refractivity contribution in [2.24, 2.45) is 0 Å². The van der Waals surface area contributed by atoms with Gasteiger partial charge in [0.1, 0.15) is 104 Å². The van der Waals surface area contributed by atoms with Gasteiger partial charge in [0, 0.05) is 39.7 Å². The maximum Gasteiger partial charge on any atom is 0.407 e. The second kappa shape index (κ2) is 58.0. The Kier molecular flexibility index (Phi) is 46.1. The summed E-state index contributed by atoms with van der Waals surface area (Å²) in [4.78, 5) is 127. The fourth-order valence-electron chi connectivity index (χ4n) is 15.7. The van der Waals surface area contributed by atoms with E-state index in [1.807, 2.05) is 66.7 Å². The molecule has 0 saturated carbocycles. The highest BCUT2D eigenvalue weighted by molar-refractivity contribution is 6.68. The average molecular weight is 2080 g/mol. The van der Waals surface area contributed by atoms with E-state index in [0.29, 0.717) is 52.0 Å². The molecule has 0 spiro atoms. The number of methoxy groups -OCH3 is 2. The van der Waals surface area contributed by atoms with Crippen molar-refractivity contribution in [2.45, 2.75) is 256 Å². The molecule has 2 N–H and O–H groups in total. The molecule has 20 atom stereocenters. The molecule has 0 unspecified atom stereocenters. The minimum atomic E-state index is -2.29. The number of esters is 5. The highest BCUT2D eigenvalue weighted by Crippen LogP contribution is 2.42. The number of alkyl carbamates (subject to hydrolysis) is 2. The van der Waals surface area contributed by atoms with E-state index < -0.39 is 230 Å². The summed E-state index contributed by atoms with van der Waals surface area (Å²) in [6.07, 6.45) is -35.0. The van der Waals surface area contributed by atoms with Crippen molar-refractivity contribution in [3.63, 3.8) is 0 Å². The summed E-state index contributed by atoms with van der Waals surface area (Å²) < 4.78 is 149. The maximum absolute atomic E-state index is 15.4. The van der Waals surface area contributed by atoms with Crippen LogP contribution in [0.5, 0.6) is 5.75 Å². The number of hydrogen-bond donors (Lipinski definition) is 2. The Morgan fingerprint density at radius 3 is 1.00 bits per heavy atom. The van der Waals surface area contributed by atoms with Crippen LogP contribution in [0.1, 0.15) is 118 Å². The van der Waals surface area contributed by atoms with Gasteiger partial charge >= 0.3 is 42.0 Å². The molecular weight excluding hydrogens is 1970 g/mol. The van der Waals surface area contributed by atoms with Gasteiger partial charge in [0.05, 0.1) is 99.7 Å². The van der Waals surface area contributed by atoms with E-state index in [-0.39, 0.29) is 84.5 Å². The first kappa shape index (κ1) is 112. The van der Waals surface area contributed by atoms with Gasteiger partial charge in [-0.1, -0.05) is 270 Å². The first-order valence-corrected chi connectivity index (χ1v) is 48.2. The minimum Gasteiger partial charge on any atom is -0.497 e. The molecule has 40 heteroatoms. The molecule has 0 bridgehead atoms. The van der Waals surface area contributed by atoms with Gasteiger partial charge < -0.3 is 129 Å². The number of nitrogens with one attached hydrogen (secondary N) is 2. The normalized spacial score (nSPS) is 24.5. The van der Waals surface area contributed by atoms with Gasteiger partial charge in [-0.05, 0) is 77.8 Å². The predicted molar refractivity (Wildman–Crippen MR) is 510 cm³/mol. The van der Waals surface area contributed by atoms with Crippen molar-refractivity contribution in [2.75, 3.05) is 60.5 Å². The van der Waals surface area contributed by atoms with Crippen molar-refractivity contribution < 1.29 is 152 Å². The van der Waals surface area contributed by atoms with Crippen molar-refractivity contribution in [3.8, 4) is 5.75 Å². The highest BCUT2D eigenvalue weighted by Gasteiger charge is 2.61. The first-order chi connectivity index (χ1) is 67.9. The van der Waals surface area contributed by atoms with Crippen LogP contribution in [0, 0.1) is 0 Å². The number of unbranched alkanes of at least 4 members (excludes halogenated alkanes) is 2. The van der Waals surface area contributed by atoms with Crippen LogP contribution >= 0.6 is 69.6 Å². The van der Waals surface area contributed by atoms with Crippen LogP contribution < -0.4 is 15.4 Å². The molecular formula is C101H118Cl6N2O32. The second-order valence-corrected chi connectivity index (χ2v) is 38.6. The van der Waals surface area contributed by atoms with Crippen LogP contribution in [-0.2, 0) is 184 Å². The lowest BCUT2D eigenvalue weighted by Gasteiger charge is -2.52. The van der Waals surface area contributed by atoms with Gasteiger partial charge in [-0.15, -0.1) is 0 Å². The summed E-state index contributed by atoms with van der Waals surface area (Å²) in [5, 5.41) is 5.42.